The maximum atomic E-state index is 14.2. The molecule has 0 amide bonds. The van der Waals surface area contributed by atoms with E-state index >= 15 is 0 Å². The number of nitriles is 1. The van der Waals surface area contributed by atoms with Crippen LogP contribution in [-0.2, 0) is 16.4 Å². The maximum Gasteiger partial charge on any atom is 0.238 e. The molecular weight excluding hydrogens is 416 g/mol. The van der Waals surface area contributed by atoms with Crippen molar-refractivity contribution in [3.63, 3.8) is 0 Å². The number of aliphatic hydroxyl groups is 1. The molecule has 2 aromatic rings. The largest absolute Gasteiger partial charge is 0.489 e. The van der Waals surface area contributed by atoms with Crippen molar-refractivity contribution in [3.8, 4) is 11.8 Å². The SMILES string of the molecule is CC(C)(Cc1ccc(S(N)(=O)=O)cc1F)NC[C@H](O)COc1cc(F)ccc1C#N. The highest BCUT2D eigenvalue weighted by Crippen LogP contribution is 2.20. The smallest absolute Gasteiger partial charge is 0.238 e. The second kappa shape index (κ2) is 9.49. The lowest BCUT2D eigenvalue weighted by atomic mass is 9.94. The fourth-order valence-electron chi connectivity index (χ4n) is 2.73. The molecule has 0 unspecified atom stereocenters. The van der Waals surface area contributed by atoms with Crippen molar-refractivity contribution in [2.75, 3.05) is 13.2 Å². The first-order chi connectivity index (χ1) is 13.9. The second-order valence-electron chi connectivity index (χ2n) is 7.46. The molecule has 0 aliphatic carbocycles. The summed E-state index contributed by atoms with van der Waals surface area (Å²) in [5.41, 5.74) is -0.221. The molecule has 0 aliphatic rings. The van der Waals surface area contributed by atoms with E-state index in [-0.39, 0.29) is 41.3 Å². The molecule has 0 fully saturated rings. The summed E-state index contributed by atoms with van der Waals surface area (Å²) in [4.78, 5) is -0.309. The number of hydrogen-bond donors (Lipinski definition) is 3. The van der Waals surface area contributed by atoms with Gasteiger partial charge in [0.15, 0.2) is 0 Å². The number of hydrogen-bond acceptors (Lipinski definition) is 6. The lowest BCUT2D eigenvalue weighted by molar-refractivity contribution is 0.0984. The van der Waals surface area contributed by atoms with Gasteiger partial charge in [0, 0.05) is 18.2 Å². The van der Waals surface area contributed by atoms with Crippen molar-refractivity contribution in [2.24, 2.45) is 5.14 Å². The van der Waals surface area contributed by atoms with Crippen molar-refractivity contribution in [1.29, 1.82) is 5.26 Å². The van der Waals surface area contributed by atoms with E-state index in [2.05, 4.69) is 5.32 Å². The standard InChI is InChI=1S/C20H23F2N3O4S/c1-20(2,9-13-4-6-17(8-18(13)22)30(24,27)28)25-11-16(26)12-29-19-7-15(21)5-3-14(19)10-23/h3-8,16,25-26H,9,11-12H2,1-2H3,(H2,24,27,28)/t16-/m0/s1. The van der Waals surface area contributed by atoms with Gasteiger partial charge in [-0.1, -0.05) is 6.07 Å². The average Bonchev–Trinajstić information content (AvgIpc) is 2.65. The number of nitrogens with zero attached hydrogens (tertiary/aromatic N) is 1. The number of benzene rings is 2. The molecule has 2 aromatic carbocycles. The first-order valence-corrected chi connectivity index (χ1v) is 10.5. The monoisotopic (exact) mass is 439 g/mol. The Hall–Kier alpha value is -2.58. The molecule has 2 rings (SSSR count). The van der Waals surface area contributed by atoms with Gasteiger partial charge in [-0.15, -0.1) is 0 Å². The van der Waals surface area contributed by atoms with Crippen molar-refractivity contribution < 1.29 is 27.0 Å². The molecular formula is C20H23F2N3O4S. The van der Waals surface area contributed by atoms with Gasteiger partial charge in [0.05, 0.1) is 10.5 Å². The van der Waals surface area contributed by atoms with Crippen LogP contribution in [0, 0.1) is 23.0 Å². The van der Waals surface area contributed by atoms with Crippen LogP contribution in [0.2, 0.25) is 0 Å². The third kappa shape index (κ3) is 6.74. The number of rotatable bonds is 9. The summed E-state index contributed by atoms with van der Waals surface area (Å²) in [6, 6.07) is 8.83. The third-order valence-corrected chi connectivity index (χ3v) is 5.21. The van der Waals surface area contributed by atoms with E-state index in [4.69, 9.17) is 15.1 Å². The fraction of sp³-hybridized carbons (Fsp3) is 0.350. The molecule has 1 atom stereocenters. The van der Waals surface area contributed by atoms with Crippen LogP contribution < -0.4 is 15.2 Å². The van der Waals surface area contributed by atoms with Crippen molar-refractivity contribution in [3.05, 3.63) is 59.2 Å². The van der Waals surface area contributed by atoms with Crippen molar-refractivity contribution >= 4 is 10.0 Å². The third-order valence-electron chi connectivity index (χ3n) is 4.30. The second-order valence-corrected chi connectivity index (χ2v) is 9.02. The molecule has 0 bridgehead atoms. The topological polar surface area (TPSA) is 125 Å². The minimum atomic E-state index is -3.99. The minimum absolute atomic E-state index is 0.0350. The van der Waals surface area contributed by atoms with E-state index in [0.717, 1.165) is 18.2 Å². The fourth-order valence-corrected chi connectivity index (χ4v) is 3.26. The van der Waals surface area contributed by atoms with E-state index < -0.39 is 33.3 Å². The number of aliphatic hydroxyl groups excluding tert-OH is 1. The van der Waals surface area contributed by atoms with Crippen LogP contribution in [0.15, 0.2) is 41.3 Å². The highest BCUT2D eigenvalue weighted by Gasteiger charge is 2.22. The van der Waals surface area contributed by atoms with Crippen LogP contribution in [-0.4, -0.2) is 38.3 Å². The molecule has 0 saturated heterocycles. The highest BCUT2D eigenvalue weighted by atomic mass is 32.2. The Labute approximate surface area is 174 Å². The van der Waals surface area contributed by atoms with Gasteiger partial charge in [0.2, 0.25) is 10.0 Å². The van der Waals surface area contributed by atoms with Gasteiger partial charge in [-0.05, 0) is 50.1 Å². The minimum Gasteiger partial charge on any atom is -0.489 e. The first kappa shape index (κ1) is 23.7. The van der Waals surface area contributed by atoms with Gasteiger partial charge >= 0.3 is 0 Å². The van der Waals surface area contributed by atoms with Crippen molar-refractivity contribution in [2.45, 2.75) is 36.8 Å². The van der Waals surface area contributed by atoms with Gasteiger partial charge in [0.25, 0.3) is 0 Å². The van der Waals surface area contributed by atoms with Gasteiger partial charge in [-0.2, -0.15) is 5.26 Å². The van der Waals surface area contributed by atoms with E-state index in [9.17, 15) is 22.3 Å². The lowest BCUT2D eigenvalue weighted by Gasteiger charge is -2.28. The molecule has 10 heteroatoms. The highest BCUT2D eigenvalue weighted by molar-refractivity contribution is 7.89. The Morgan fingerprint density at radius 1 is 1.27 bits per heavy atom. The zero-order valence-electron chi connectivity index (χ0n) is 16.5. The summed E-state index contributed by atoms with van der Waals surface area (Å²) >= 11 is 0. The number of nitrogens with two attached hydrogens (primary N) is 1. The molecule has 162 valence electrons. The molecule has 0 aliphatic heterocycles. The summed E-state index contributed by atoms with van der Waals surface area (Å²) in [6.07, 6.45) is -0.770. The van der Waals surface area contributed by atoms with Crippen molar-refractivity contribution in [1.82, 2.24) is 5.32 Å². The summed E-state index contributed by atoms with van der Waals surface area (Å²) in [5.74, 6) is -1.23. The maximum absolute atomic E-state index is 14.2. The van der Waals surface area contributed by atoms with E-state index in [1.807, 2.05) is 6.07 Å². The van der Waals surface area contributed by atoms with E-state index in [0.29, 0.717) is 0 Å². The van der Waals surface area contributed by atoms with E-state index in [1.165, 1.54) is 18.2 Å². The average molecular weight is 439 g/mol. The molecule has 30 heavy (non-hydrogen) atoms. The zero-order chi connectivity index (χ0) is 22.5. The lowest BCUT2D eigenvalue weighted by Crippen LogP contribution is -2.46. The Bertz CT molecular complexity index is 1050. The van der Waals surface area contributed by atoms with Gasteiger partial charge < -0.3 is 15.2 Å². The first-order valence-electron chi connectivity index (χ1n) is 8.98. The predicted molar refractivity (Wildman–Crippen MR) is 106 cm³/mol. The Kier molecular flexibility index (Phi) is 7.49. The van der Waals surface area contributed by atoms with Crippen LogP contribution in [0.3, 0.4) is 0 Å². The number of nitrogens with one attached hydrogen (secondary N) is 1. The molecule has 0 spiro atoms. The van der Waals surface area contributed by atoms with Crippen LogP contribution >= 0.6 is 0 Å². The Balaban J connectivity index is 1.93. The normalized spacial score (nSPS) is 13.0. The molecule has 0 radical (unpaired) electrons. The number of halogens is 2. The quantitative estimate of drug-likeness (QED) is 0.547. The molecule has 7 nitrogen and oxygen atoms in total. The van der Waals surface area contributed by atoms with Crippen LogP contribution in [0.4, 0.5) is 8.78 Å². The predicted octanol–water partition coefficient (Wildman–Crippen LogP) is 1.83. The number of β-amino-alcohol motifs (C(OH)–C–C–N with tert-alkyl or cyclic N) is 1. The summed E-state index contributed by atoms with van der Waals surface area (Å²) in [5, 5.41) is 27.2. The van der Waals surface area contributed by atoms with Crippen LogP contribution in [0.1, 0.15) is 25.0 Å². The zero-order valence-corrected chi connectivity index (χ0v) is 17.3. The molecule has 4 N–H and O–H groups in total. The van der Waals surface area contributed by atoms with E-state index in [1.54, 1.807) is 13.8 Å². The number of ether oxygens (including phenoxy) is 1. The van der Waals surface area contributed by atoms with Crippen LogP contribution in [0.5, 0.6) is 5.75 Å². The van der Waals surface area contributed by atoms with Gasteiger partial charge in [0.1, 0.15) is 36.2 Å². The summed E-state index contributed by atoms with van der Waals surface area (Å²) in [7, 11) is -3.99. The Morgan fingerprint density at radius 2 is 1.97 bits per heavy atom. The number of primary sulfonamides is 1. The number of sulfonamides is 1. The summed E-state index contributed by atoms with van der Waals surface area (Å²) < 4.78 is 55.5. The van der Waals surface area contributed by atoms with Gasteiger partial charge in [-0.25, -0.2) is 22.3 Å². The molecule has 0 heterocycles. The molecule has 0 aromatic heterocycles. The van der Waals surface area contributed by atoms with Crippen LogP contribution in [0.25, 0.3) is 0 Å². The Morgan fingerprint density at radius 3 is 2.57 bits per heavy atom. The van der Waals surface area contributed by atoms with Gasteiger partial charge in [-0.3, -0.25) is 0 Å². The molecule has 0 saturated carbocycles. The summed E-state index contributed by atoms with van der Waals surface area (Å²) in [6.45, 7) is 3.47.